The lowest BCUT2D eigenvalue weighted by Gasteiger charge is -2.03. The van der Waals surface area contributed by atoms with Gasteiger partial charge in [-0.2, -0.15) is 4.98 Å². The Morgan fingerprint density at radius 2 is 2.30 bits per heavy atom. The highest BCUT2D eigenvalue weighted by molar-refractivity contribution is 9.11. The maximum absolute atomic E-state index is 5.36. The van der Waals surface area contributed by atoms with Crippen LogP contribution in [0.2, 0.25) is 0 Å². The molecule has 8 heteroatoms. The number of rotatable bonds is 4. The van der Waals surface area contributed by atoms with Crippen LogP contribution in [0.25, 0.3) is 11.2 Å². The second-order valence-corrected chi connectivity index (χ2v) is 7.05. The van der Waals surface area contributed by atoms with Crippen LogP contribution >= 0.6 is 39.5 Å². The molecule has 0 fully saturated rings. The van der Waals surface area contributed by atoms with E-state index < -0.39 is 0 Å². The molecule has 1 N–H and O–H groups in total. The van der Waals surface area contributed by atoms with Crippen molar-refractivity contribution < 1.29 is 4.74 Å². The summed E-state index contributed by atoms with van der Waals surface area (Å²) >= 11 is 10.6. The third-order valence-corrected chi connectivity index (χ3v) is 4.94. The second kappa shape index (κ2) is 5.63. The Morgan fingerprint density at radius 1 is 1.45 bits per heavy atom. The molecule has 3 heterocycles. The van der Waals surface area contributed by atoms with Gasteiger partial charge in [-0.05, 0) is 46.7 Å². The molecular formula is C12H11BrN4OS2. The van der Waals surface area contributed by atoms with Crippen LogP contribution in [0, 0.1) is 4.77 Å². The first-order valence-electron chi connectivity index (χ1n) is 5.91. The van der Waals surface area contributed by atoms with Gasteiger partial charge in [-0.25, -0.2) is 4.98 Å². The highest BCUT2D eigenvalue weighted by Gasteiger charge is 2.11. The van der Waals surface area contributed by atoms with Crippen molar-refractivity contribution in [2.75, 3.05) is 7.11 Å². The van der Waals surface area contributed by atoms with E-state index in [-0.39, 0.29) is 0 Å². The average Bonchev–Trinajstić information content (AvgIpc) is 2.99. The summed E-state index contributed by atoms with van der Waals surface area (Å²) in [4.78, 5) is 12.8. The number of hydrogen-bond acceptors (Lipinski definition) is 5. The quantitative estimate of drug-likeness (QED) is 0.713. The number of nitrogens with one attached hydrogen (secondary N) is 1. The number of ether oxygens (including phenoxy) is 1. The van der Waals surface area contributed by atoms with Crippen molar-refractivity contribution >= 4 is 50.6 Å². The Bertz CT molecular complexity index is 807. The minimum absolute atomic E-state index is 0.513. The second-order valence-electron chi connectivity index (χ2n) is 4.12. The fourth-order valence-electron chi connectivity index (χ4n) is 2.02. The summed E-state index contributed by atoms with van der Waals surface area (Å²) in [6.45, 7) is 0.770. The van der Waals surface area contributed by atoms with Crippen molar-refractivity contribution in [1.82, 2.24) is 19.5 Å². The zero-order valence-corrected chi connectivity index (χ0v) is 13.8. The van der Waals surface area contributed by atoms with E-state index in [0.717, 1.165) is 27.9 Å². The molecule has 5 nitrogen and oxygen atoms in total. The predicted molar refractivity (Wildman–Crippen MR) is 85.0 cm³/mol. The first kappa shape index (κ1) is 13.7. The Morgan fingerprint density at radius 3 is 3.00 bits per heavy atom. The van der Waals surface area contributed by atoms with Gasteiger partial charge in [0.2, 0.25) is 5.88 Å². The van der Waals surface area contributed by atoms with Crippen LogP contribution in [0.3, 0.4) is 0 Å². The van der Waals surface area contributed by atoms with Crippen LogP contribution in [0.15, 0.2) is 22.2 Å². The summed E-state index contributed by atoms with van der Waals surface area (Å²) in [6, 6.07) is 4.17. The summed E-state index contributed by atoms with van der Waals surface area (Å²) in [5.74, 6) is 0.513. The van der Waals surface area contributed by atoms with Crippen molar-refractivity contribution in [2.24, 2.45) is 0 Å². The lowest BCUT2D eigenvalue weighted by Crippen LogP contribution is -2.02. The van der Waals surface area contributed by atoms with E-state index in [9.17, 15) is 0 Å². The number of H-pyrrole nitrogens is 1. The van der Waals surface area contributed by atoms with E-state index in [2.05, 4.69) is 43.0 Å². The molecular weight excluding hydrogens is 360 g/mol. The van der Waals surface area contributed by atoms with Gasteiger partial charge in [0.15, 0.2) is 10.4 Å². The van der Waals surface area contributed by atoms with Gasteiger partial charge >= 0.3 is 0 Å². The zero-order valence-electron chi connectivity index (χ0n) is 10.6. The maximum Gasteiger partial charge on any atom is 0.242 e. The number of nitrogens with zero attached hydrogens (tertiary/aromatic N) is 3. The molecule has 0 aliphatic carbocycles. The number of hydrogen-bond donors (Lipinski definition) is 1. The lowest BCUT2D eigenvalue weighted by molar-refractivity contribution is 0.401. The van der Waals surface area contributed by atoms with Crippen LogP contribution in [-0.4, -0.2) is 26.6 Å². The molecule has 3 aromatic rings. The van der Waals surface area contributed by atoms with E-state index in [1.54, 1.807) is 18.4 Å². The van der Waals surface area contributed by atoms with E-state index in [1.807, 2.05) is 4.57 Å². The van der Waals surface area contributed by atoms with Crippen LogP contribution in [0.4, 0.5) is 0 Å². The normalized spacial score (nSPS) is 11.1. The SMILES string of the molecule is COc1ncnc2c1[nH]c(=S)n2CCc1ccc(Br)s1. The summed E-state index contributed by atoms with van der Waals surface area (Å²) in [5, 5.41) is 0. The number of methoxy groups -OCH3 is 1. The van der Waals surface area contributed by atoms with Gasteiger partial charge in [-0.15, -0.1) is 11.3 Å². The van der Waals surface area contributed by atoms with Crippen molar-refractivity contribution in [2.45, 2.75) is 13.0 Å². The third-order valence-electron chi connectivity index (χ3n) is 2.93. The number of aryl methyl sites for hydroxylation is 2. The Balaban J connectivity index is 1.95. The van der Waals surface area contributed by atoms with Gasteiger partial charge in [-0.3, -0.25) is 0 Å². The van der Waals surface area contributed by atoms with Crippen LogP contribution in [-0.2, 0) is 13.0 Å². The van der Waals surface area contributed by atoms with Gasteiger partial charge in [-0.1, -0.05) is 0 Å². The number of thiophene rings is 1. The lowest BCUT2D eigenvalue weighted by atomic mass is 10.3. The molecule has 3 aromatic heterocycles. The molecule has 0 bridgehead atoms. The summed E-state index contributed by atoms with van der Waals surface area (Å²) in [6.07, 6.45) is 2.39. The summed E-state index contributed by atoms with van der Waals surface area (Å²) in [5.41, 5.74) is 1.52. The first-order valence-corrected chi connectivity index (χ1v) is 7.92. The van der Waals surface area contributed by atoms with Crippen molar-refractivity contribution in [3.63, 3.8) is 0 Å². The van der Waals surface area contributed by atoms with Gasteiger partial charge in [0.1, 0.15) is 11.8 Å². The van der Waals surface area contributed by atoms with Crippen LogP contribution < -0.4 is 4.74 Å². The molecule has 0 amide bonds. The Kier molecular flexibility index (Phi) is 3.86. The predicted octanol–water partition coefficient (Wildman–Crippen LogP) is 3.56. The molecule has 20 heavy (non-hydrogen) atoms. The number of aromatic nitrogens is 4. The van der Waals surface area contributed by atoms with Crippen molar-refractivity contribution in [3.8, 4) is 5.88 Å². The number of halogens is 1. The molecule has 3 rings (SSSR count). The highest BCUT2D eigenvalue weighted by atomic mass is 79.9. The number of imidazole rings is 1. The maximum atomic E-state index is 5.36. The molecule has 0 spiro atoms. The molecule has 0 radical (unpaired) electrons. The van der Waals surface area contributed by atoms with E-state index >= 15 is 0 Å². The zero-order chi connectivity index (χ0) is 14.1. The minimum Gasteiger partial charge on any atom is -0.479 e. The molecule has 104 valence electrons. The molecule has 0 saturated carbocycles. The molecule has 0 atom stereocenters. The molecule has 0 aliphatic rings. The van der Waals surface area contributed by atoms with Crippen LogP contribution in [0.5, 0.6) is 5.88 Å². The van der Waals surface area contributed by atoms with Gasteiger partial charge in [0.05, 0.1) is 10.9 Å². The summed E-state index contributed by atoms with van der Waals surface area (Å²) in [7, 11) is 1.58. The van der Waals surface area contributed by atoms with E-state index in [1.165, 1.54) is 11.2 Å². The fraction of sp³-hybridized carbons (Fsp3) is 0.250. The third kappa shape index (κ3) is 2.50. The monoisotopic (exact) mass is 370 g/mol. The van der Waals surface area contributed by atoms with Crippen molar-refractivity contribution in [3.05, 3.63) is 31.9 Å². The standard InChI is InChI=1S/C12H11BrN4OS2/c1-18-11-9-10(14-6-15-11)17(12(19)16-9)5-4-7-2-3-8(13)20-7/h2-3,6H,4-5H2,1H3,(H,16,19). The average molecular weight is 371 g/mol. The largest absolute Gasteiger partial charge is 0.479 e. The fourth-order valence-corrected chi connectivity index (χ4v) is 3.77. The van der Waals surface area contributed by atoms with Crippen molar-refractivity contribution in [1.29, 1.82) is 0 Å². The van der Waals surface area contributed by atoms with Gasteiger partial charge in [0.25, 0.3) is 0 Å². The van der Waals surface area contributed by atoms with Gasteiger partial charge in [0, 0.05) is 11.4 Å². The van der Waals surface area contributed by atoms with Crippen LogP contribution in [0.1, 0.15) is 4.88 Å². The molecule has 0 saturated heterocycles. The first-order chi connectivity index (χ1) is 9.69. The molecule has 0 unspecified atom stereocenters. The molecule has 0 aliphatic heterocycles. The van der Waals surface area contributed by atoms with E-state index in [4.69, 9.17) is 17.0 Å². The highest BCUT2D eigenvalue weighted by Crippen LogP contribution is 2.24. The summed E-state index contributed by atoms with van der Waals surface area (Å²) < 4.78 is 8.96. The van der Waals surface area contributed by atoms with E-state index in [0.29, 0.717) is 10.7 Å². The molecule has 0 aromatic carbocycles. The van der Waals surface area contributed by atoms with Gasteiger partial charge < -0.3 is 14.3 Å². The Labute approximate surface area is 132 Å². The Hall–Kier alpha value is -1.25. The minimum atomic E-state index is 0.513. The topological polar surface area (TPSA) is 55.7 Å². The smallest absolute Gasteiger partial charge is 0.242 e. The number of aromatic amines is 1. The number of fused-ring (bicyclic) bond motifs is 1.